The number of nitrogens with zero attached hydrogens (tertiary/aromatic N) is 3. The molecule has 11 heteroatoms. The average Bonchev–Trinajstić information content (AvgIpc) is 3.49. The lowest BCUT2D eigenvalue weighted by atomic mass is 9.89. The molecule has 5 rings (SSSR count). The molecule has 1 aliphatic carbocycles. The van der Waals surface area contributed by atoms with Crippen LogP contribution >= 0.6 is 11.3 Å². The minimum absolute atomic E-state index is 0.0786. The van der Waals surface area contributed by atoms with Crippen molar-refractivity contribution >= 4 is 28.1 Å². The van der Waals surface area contributed by atoms with Gasteiger partial charge >= 0.3 is 6.18 Å². The van der Waals surface area contributed by atoms with Gasteiger partial charge in [-0.2, -0.15) is 23.5 Å². The van der Waals surface area contributed by atoms with Gasteiger partial charge in [0.15, 0.2) is 11.7 Å². The minimum atomic E-state index is -4.56. The molecule has 3 aromatic heterocycles. The number of hydrogen-bond donors (Lipinski definition) is 2. The largest absolute Gasteiger partial charge is 0.467 e. The topological polar surface area (TPSA) is 95.9 Å². The van der Waals surface area contributed by atoms with Gasteiger partial charge in [0.25, 0.3) is 5.91 Å². The van der Waals surface area contributed by atoms with Crippen LogP contribution in [0.3, 0.4) is 0 Å². The molecule has 3 atom stereocenters. The maximum Gasteiger partial charge on any atom is 0.410 e. The monoisotopic (exact) mass is 475 g/mol. The maximum atomic E-state index is 13.8. The molecule has 2 N–H and O–H groups in total. The third-order valence-corrected chi connectivity index (χ3v) is 7.33. The Hall–Kier alpha value is -3.26. The molecule has 1 amide bonds. The Morgan fingerprint density at radius 1 is 1.45 bits per heavy atom. The number of rotatable bonds is 3. The molecule has 3 aromatic rings. The van der Waals surface area contributed by atoms with Crippen LogP contribution < -0.4 is 10.6 Å². The molecule has 33 heavy (non-hydrogen) atoms. The molecule has 0 unspecified atom stereocenters. The van der Waals surface area contributed by atoms with Gasteiger partial charge in [0.1, 0.15) is 22.6 Å². The number of anilines is 2. The number of alkyl halides is 3. The summed E-state index contributed by atoms with van der Waals surface area (Å²) in [5.74, 6) is 0.297. The number of nitrogens with one attached hydrogen (secondary N) is 2. The molecule has 0 aromatic carbocycles. The van der Waals surface area contributed by atoms with Crippen LogP contribution in [-0.2, 0) is 12.8 Å². The first-order valence-electron chi connectivity index (χ1n) is 10.6. The lowest BCUT2D eigenvalue weighted by Gasteiger charge is -2.32. The Kier molecular flexibility index (Phi) is 5.20. The first-order chi connectivity index (χ1) is 15.7. The van der Waals surface area contributed by atoms with Gasteiger partial charge < -0.3 is 15.1 Å². The number of carbonyl (C=O) groups is 1. The van der Waals surface area contributed by atoms with Crippen molar-refractivity contribution in [2.24, 2.45) is 5.92 Å². The molecule has 0 saturated heterocycles. The van der Waals surface area contributed by atoms with Crippen molar-refractivity contribution < 1.29 is 22.4 Å². The van der Waals surface area contributed by atoms with E-state index in [2.05, 4.69) is 28.7 Å². The number of fused-ring (bicyclic) bond motifs is 2. The Bertz CT molecular complexity index is 1240. The van der Waals surface area contributed by atoms with E-state index in [9.17, 15) is 23.2 Å². The highest BCUT2D eigenvalue weighted by Gasteiger charge is 2.47. The van der Waals surface area contributed by atoms with Crippen molar-refractivity contribution in [3.05, 3.63) is 51.9 Å². The van der Waals surface area contributed by atoms with Gasteiger partial charge in [-0.25, -0.2) is 4.68 Å². The lowest BCUT2D eigenvalue weighted by molar-refractivity contribution is -0.174. The summed E-state index contributed by atoms with van der Waals surface area (Å²) in [6, 6.07) is 4.07. The van der Waals surface area contributed by atoms with Crippen LogP contribution in [0.15, 0.2) is 28.9 Å². The molecule has 7 nitrogen and oxygen atoms in total. The van der Waals surface area contributed by atoms with E-state index >= 15 is 0 Å². The van der Waals surface area contributed by atoms with E-state index in [1.54, 1.807) is 12.1 Å². The number of nitriles is 1. The van der Waals surface area contributed by atoms with Crippen LogP contribution in [0.5, 0.6) is 0 Å². The van der Waals surface area contributed by atoms with Gasteiger partial charge in [-0.15, -0.1) is 11.3 Å². The number of amides is 1. The van der Waals surface area contributed by atoms with Crippen LogP contribution in [0.1, 0.15) is 64.1 Å². The van der Waals surface area contributed by atoms with E-state index in [-0.39, 0.29) is 17.9 Å². The zero-order chi connectivity index (χ0) is 23.3. The predicted octanol–water partition coefficient (Wildman–Crippen LogP) is 5.45. The predicted molar refractivity (Wildman–Crippen MR) is 115 cm³/mol. The molecular weight excluding hydrogens is 455 g/mol. The highest BCUT2D eigenvalue weighted by Crippen LogP contribution is 2.44. The Morgan fingerprint density at radius 3 is 2.97 bits per heavy atom. The average molecular weight is 475 g/mol. The number of halogens is 3. The lowest BCUT2D eigenvalue weighted by Crippen LogP contribution is -2.35. The second-order valence-electron chi connectivity index (χ2n) is 8.49. The summed E-state index contributed by atoms with van der Waals surface area (Å²) in [6.07, 6.45) is -0.885. The van der Waals surface area contributed by atoms with Crippen molar-refractivity contribution in [2.45, 2.75) is 50.9 Å². The fourth-order valence-corrected chi connectivity index (χ4v) is 5.84. The van der Waals surface area contributed by atoms with E-state index in [0.717, 1.165) is 34.4 Å². The van der Waals surface area contributed by atoms with E-state index in [1.807, 2.05) is 0 Å². The van der Waals surface area contributed by atoms with Crippen LogP contribution in [0.2, 0.25) is 0 Å². The fourth-order valence-electron chi connectivity index (χ4n) is 4.48. The second kappa shape index (κ2) is 7.95. The van der Waals surface area contributed by atoms with Crippen molar-refractivity contribution in [1.82, 2.24) is 9.78 Å². The maximum absolute atomic E-state index is 13.8. The number of hydrogen-bond acceptors (Lipinski definition) is 6. The van der Waals surface area contributed by atoms with Crippen LogP contribution in [0.25, 0.3) is 0 Å². The van der Waals surface area contributed by atoms with Gasteiger partial charge in [-0.1, -0.05) is 6.92 Å². The summed E-state index contributed by atoms with van der Waals surface area (Å²) in [7, 11) is 0. The van der Waals surface area contributed by atoms with Crippen LogP contribution in [0, 0.1) is 17.2 Å². The summed E-state index contributed by atoms with van der Waals surface area (Å²) in [6.45, 7) is 2.14. The molecule has 172 valence electrons. The molecule has 1 aliphatic heterocycles. The summed E-state index contributed by atoms with van der Waals surface area (Å²) in [4.78, 5) is 14.0. The van der Waals surface area contributed by atoms with Gasteiger partial charge in [-0.3, -0.25) is 4.79 Å². The highest BCUT2D eigenvalue weighted by molar-refractivity contribution is 7.16. The van der Waals surface area contributed by atoms with Crippen molar-refractivity contribution in [1.29, 1.82) is 5.26 Å². The zero-order valence-electron chi connectivity index (χ0n) is 17.6. The number of aromatic nitrogens is 2. The molecule has 0 saturated carbocycles. The molecule has 0 radical (unpaired) electrons. The van der Waals surface area contributed by atoms with E-state index in [1.165, 1.54) is 23.7 Å². The highest BCUT2D eigenvalue weighted by atomic mass is 32.1. The Labute approximate surface area is 191 Å². The van der Waals surface area contributed by atoms with Crippen LogP contribution in [-0.4, -0.2) is 21.9 Å². The SMILES string of the molecule is C[C@H]1CCc2c(sc(NC(=O)c3cc4n(n3)[C@@H](C(F)(F)F)C[C@H](c3ccco3)N4)c2C#N)C1. The molecule has 0 spiro atoms. The van der Waals surface area contributed by atoms with E-state index in [4.69, 9.17) is 4.42 Å². The number of thiophene rings is 1. The van der Waals surface area contributed by atoms with Gasteiger partial charge in [-0.05, 0) is 42.9 Å². The van der Waals surface area contributed by atoms with Gasteiger partial charge in [0.2, 0.25) is 0 Å². The van der Waals surface area contributed by atoms with Crippen molar-refractivity contribution in [3.63, 3.8) is 0 Å². The van der Waals surface area contributed by atoms with Crippen molar-refractivity contribution in [2.75, 3.05) is 10.6 Å². The third-order valence-electron chi connectivity index (χ3n) is 6.16. The molecule has 4 heterocycles. The first kappa shape index (κ1) is 21.6. The summed E-state index contributed by atoms with van der Waals surface area (Å²) >= 11 is 1.35. The zero-order valence-corrected chi connectivity index (χ0v) is 18.4. The fraction of sp³-hybridized carbons (Fsp3) is 0.409. The quantitative estimate of drug-likeness (QED) is 0.525. The van der Waals surface area contributed by atoms with Crippen LogP contribution in [0.4, 0.5) is 24.0 Å². The molecular formula is C22H20F3N5O2S. The second-order valence-corrected chi connectivity index (χ2v) is 9.59. The third kappa shape index (κ3) is 3.88. The van der Waals surface area contributed by atoms with Gasteiger partial charge in [0.05, 0.1) is 17.9 Å². The number of carbonyl (C=O) groups excluding carboxylic acids is 1. The summed E-state index contributed by atoms with van der Waals surface area (Å²) in [5, 5.41) is 19.7. The van der Waals surface area contributed by atoms with E-state index < -0.39 is 24.2 Å². The van der Waals surface area contributed by atoms with E-state index in [0.29, 0.717) is 22.2 Å². The van der Waals surface area contributed by atoms with Crippen molar-refractivity contribution in [3.8, 4) is 6.07 Å². The smallest absolute Gasteiger partial charge is 0.410 e. The molecule has 0 fully saturated rings. The Morgan fingerprint density at radius 2 is 2.27 bits per heavy atom. The molecule has 2 aliphatic rings. The standard InChI is InChI=1S/C22H20F3N5O2S/c1-11-4-5-12-13(10-26)21(33-17(12)7-11)28-20(31)15-9-19-27-14(16-3-2-6-32-16)8-18(22(23,24)25)30(19)29-15/h2-3,6,9,11,14,18,27H,4-5,7-8H2,1H3,(H,28,31)/t11-,14+,18+/m0/s1. The normalized spacial score (nSPS) is 22.1. The minimum Gasteiger partial charge on any atom is -0.467 e. The Balaban J connectivity index is 1.44. The summed E-state index contributed by atoms with van der Waals surface area (Å²) < 4.78 is 47.5. The molecule has 0 bridgehead atoms. The summed E-state index contributed by atoms with van der Waals surface area (Å²) in [5.41, 5.74) is 1.24. The number of furan rings is 1. The van der Waals surface area contributed by atoms with Gasteiger partial charge in [0, 0.05) is 17.4 Å². The first-order valence-corrected chi connectivity index (χ1v) is 11.4.